The summed E-state index contributed by atoms with van der Waals surface area (Å²) in [5.41, 5.74) is 5.18. The Balaban J connectivity index is 0.00000121. The maximum atomic E-state index is 4.79. The zero-order chi connectivity index (χ0) is 16.2. The standard InChI is InChI=1S/C12H11.C10H8N.2ClH.Cr/c1-2-6-11(7-3-1)10-12-8-4-5-9-12;1-8-6-7-9-4-2-3-5-10(9)11-8;;;/h1-3,6-9H,4,10H2;2-7H,1H2;2*1H;. The Morgan fingerprint density at radius 3 is 2.46 bits per heavy atom. The second-order valence-electron chi connectivity index (χ2n) is 6.04. The van der Waals surface area contributed by atoms with Gasteiger partial charge in [-0.25, -0.2) is 0 Å². The van der Waals surface area contributed by atoms with Gasteiger partial charge in [-0.05, 0) is 0 Å². The molecule has 0 fully saturated rings. The van der Waals surface area contributed by atoms with Crippen molar-refractivity contribution in [2.24, 2.45) is 0 Å². The molecule has 26 heavy (non-hydrogen) atoms. The molecule has 1 aliphatic carbocycles. The van der Waals surface area contributed by atoms with E-state index in [9.17, 15) is 0 Å². The van der Waals surface area contributed by atoms with Gasteiger partial charge in [-0.3, -0.25) is 0 Å². The van der Waals surface area contributed by atoms with Crippen molar-refractivity contribution in [3.8, 4) is 0 Å². The van der Waals surface area contributed by atoms with Gasteiger partial charge < -0.3 is 0 Å². The summed E-state index contributed by atoms with van der Waals surface area (Å²) in [5, 5.41) is 2.30. The van der Waals surface area contributed by atoms with Crippen molar-refractivity contribution in [3.05, 3.63) is 100 Å². The van der Waals surface area contributed by atoms with Gasteiger partial charge in [-0.2, -0.15) is 0 Å². The molecule has 0 amide bonds. The predicted molar refractivity (Wildman–Crippen MR) is 111 cm³/mol. The van der Waals surface area contributed by atoms with E-state index in [1.54, 1.807) is 4.44 Å². The summed E-state index contributed by atoms with van der Waals surface area (Å²) in [6, 6.07) is 23.4. The van der Waals surface area contributed by atoms with Gasteiger partial charge in [0.2, 0.25) is 0 Å². The minimum absolute atomic E-state index is 0. The first kappa shape index (κ1) is 20.8. The molecule has 4 heteroatoms. The van der Waals surface area contributed by atoms with Gasteiger partial charge in [-0.1, -0.05) is 0 Å². The molecule has 0 saturated heterocycles. The first-order valence-corrected chi connectivity index (χ1v) is 9.82. The summed E-state index contributed by atoms with van der Waals surface area (Å²) >= 11 is 0.490. The molecule has 134 valence electrons. The van der Waals surface area contributed by atoms with Crippen LogP contribution in [0.2, 0.25) is 0 Å². The number of aromatic nitrogens is 1. The summed E-state index contributed by atoms with van der Waals surface area (Å²) in [7, 11) is 0. The third-order valence-electron chi connectivity index (χ3n) is 4.22. The molecular formula is C22H21Cl2CrN. The van der Waals surface area contributed by atoms with E-state index in [0.29, 0.717) is 15.2 Å². The van der Waals surface area contributed by atoms with Crippen molar-refractivity contribution >= 4 is 35.7 Å². The number of fused-ring (bicyclic) bond motifs is 1. The minimum Gasteiger partial charge on any atom is -0.147 e. The predicted octanol–water partition coefficient (Wildman–Crippen LogP) is 6.12. The average Bonchev–Trinajstić information content (AvgIpc) is 3.08. The third kappa shape index (κ3) is 5.22. The number of benzene rings is 2. The monoisotopic (exact) mass is 421 g/mol. The smallest absolute Gasteiger partial charge is 0.147 e. The largest absolute Gasteiger partial charge is 0.147 e. The van der Waals surface area contributed by atoms with E-state index in [0.717, 1.165) is 23.6 Å². The number of allylic oxidation sites excluding steroid dienone is 4. The van der Waals surface area contributed by atoms with Gasteiger partial charge in [-0.15, -0.1) is 24.8 Å². The van der Waals surface area contributed by atoms with Crippen LogP contribution in [0.15, 0.2) is 88.9 Å². The molecule has 0 atom stereocenters. The molecule has 0 saturated carbocycles. The molecule has 0 bridgehead atoms. The molecule has 1 aromatic heterocycles. The molecule has 1 heterocycles. The first-order chi connectivity index (χ1) is 11.9. The van der Waals surface area contributed by atoms with Crippen LogP contribution in [-0.2, 0) is 26.9 Å². The molecule has 3 aromatic rings. The Kier molecular flexibility index (Phi) is 7.94. The van der Waals surface area contributed by atoms with Crippen molar-refractivity contribution in [2.45, 2.75) is 18.1 Å². The van der Waals surface area contributed by atoms with E-state index >= 15 is 0 Å². The van der Waals surface area contributed by atoms with Crippen LogP contribution in [-0.4, -0.2) is 4.98 Å². The van der Waals surface area contributed by atoms with E-state index in [1.807, 2.05) is 0 Å². The van der Waals surface area contributed by atoms with Crippen molar-refractivity contribution in [2.75, 3.05) is 0 Å². The van der Waals surface area contributed by atoms with Gasteiger partial charge in [0, 0.05) is 0 Å². The number of hydrogen-bond acceptors (Lipinski definition) is 1. The van der Waals surface area contributed by atoms with Crippen LogP contribution >= 0.6 is 24.8 Å². The quantitative estimate of drug-likeness (QED) is 0.483. The summed E-state index contributed by atoms with van der Waals surface area (Å²) in [6.45, 7) is 0. The zero-order valence-corrected chi connectivity index (χ0v) is 17.2. The van der Waals surface area contributed by atoms with Crippen LogP contribution in [0, 0.1) is 0 Å². The summed E-state index contributed by atoms with van der Waals surface area (Å²) in [6.07, 6.45) is 6.97. The molecule has 2 aromatic carbocycles. The molecule has 0 unspecified atom stereocenters. The number of para-hydroxylation sites is 1. The molecule has 1 aliphatic rings. The Morgan fingerprint density at radius 1 is 0.846 bits per heavy atom. The minimum atomic E-state index is 0. The summed E-state index contributed by atoms with van der Waals surface area (Å²) < 4.78 is 1.59. The molecule has 0 spiro atoms. The van der Waals surface area contributed by atoms with Gasteiger partial charge in [0.1, 0.15) is 0 Å². The van der Waals surface area contributed by atoms with Crippen molar-refractivity contribution in [1.82, 2.24) is 4.98 Å². The van der Waals surface area contributed by atoms with Gasteiger partial charge >= 0.3 is 149 Å². The molecular weight excluding hydrogens is 401 g/mol. The Labute approximate surface area is 173 Å². The number of hydrogen-bond donors (Lipinski definition) is 0. The fourth-order valence-corrected chi connectivity index (χ4v) is 4.42. The van der Waals surface area contributed by atoms with Crippen LogP contribution in [0.4, 0.5) is 0 Å². The Hall–Kier alpha value is -1.56. The summed E-state index contributed by atoms with van der Waals surface area (Å²) in [4.78, 5) is 4.79. The van der Waals surface area contributed by atoms with Crippen LogP contribution in [0.3, 0.4) is 0 Å². The zero-order valence-electron chi connectivity index (χ0n) is 14.3. The van der Waals surface area contributed by atoms with E-state index in [2.05, 4.69) is 78.9 Å². The van der Waals surface area contributed by atoms with E-state index in [-0.39, 0.29) is 24.8 Å². The molecule has 0 N–H and O–H groups in total. The number of halogens is 2. The van der Waals surface area contributed by atoms with Crippen LogP contribution < -0.4 is 0 Å². The van der Waals surface area contributed by atoms with E-state index in [1.165, 1.54) is 22.2 Å². The first-order valence-electron chi connectivity index (χ1n) is 8.28. The van der Waals surface area contributed by atoms with Gasteiger partial charge in [0.25, 0.3) is 0 Å². The van der Waals surface area contributed by atoms with Crippen molar-refractivity contribution in [1.29, 1.82) is 0 Å². The number of rotatable bonds is 5. The van der Waals surface area contributed by atoms with Crippen molar-refractivity contribution in [3.63, 3.8) is 0 Å². The maximum absolute atomic E-state index is 4.79. The third-order valence-corrected chi connectivity index (χ3v) is 5.93. The van der Waals surface area contributed by atoms with Crippen molar-refractivity contribution < 1.29 is 15.2 Å². The average molecular weight is 422 g/mol. The topological polar surface area (TPSA) is 12.9 Å². The SMILES string of the molecule is C1=C(Cc2ccccc2)C=[C]([Cr][CH2]c2ccc3ccccc3n2)C1.Cl.Cl. The fraction of sp³-hybridized carbons (Fsp3) is 0.136. The molecule has 0 radical (unpaired) electrons. The van der Waals surface area contributed by atoms with E-state index < -0.39 is 0 Å². The van der Waals surface area contributed by atoms with Gasteiger partial charge in [0.15, 0.2) is 0 Å². The second-order valence-corrected chi connectivity index (χ2v) is 7.76. The summed E-state index contributed by atoms with van der Waals surface area (Å²) in [5.74, 6) is 0. The van der Waals surface area contributed by atoms with E-state index in [4.69, 9.17) is 4.98 Å². The normalized spacial score (nSPS) is 12.8. The maximum Gasteiger partial charge on any atom is -0.147 e. The van der Waals surface area contributed by atoms with Crippen LogP contribution in [0.5, 0.6) is 0 Å². The Bertz CT molecular complexity index is 920. The Morgan fingerprint density at radius 2 is 1.62 bits per heavy atom. The number of nitrogens with zero attached hydrogens (tertiary/aromatic N) is 1. The van der Waals surface area contributed by atoms with Crippen LogP contribution in [0.1, 0.15) is 17.7 Å². The number of pyridine rings is 1. The molecule has 1 nitrogen and oxygen atoms in total. The fourth-order valence-electron chi connectivity index (χ4n) is 2.97. The van der Waals surface area contributed by atoms with Gasteiger partial charge in [0.05, 0.1) is 0 Å². The molecule has 0 aliphatic heterocycles. The molecule has 4 rings (SSSR count). The van der Waals surface area contributed by atoms with Crippen LogP contribution in [0.25, 0.3) is 10.9 Å². The second kappa shape index (κ2) is 9.95.